The number of nitrogens with zero attached hydrogens (tertiary/aromatic N) is 1. The third-order valence-electron chi connectivity index (χ3n) is 3.66. The number of hydrogen-bond donors (Lipinski definition) is 1. The van der Waals surface area contributed by atoms with Crippen molar-refractivity contribution in [3.63, 3.8) is 0 Å². The summed E-state index contributed by atoms with van der Waals surface area (Å²) in [5.41, 5.74) is 0. The average molecular weight is 281 g/mol. The van der Waals surface area contributed by atoms with Crippen molar-refractivity contribution >= 4 is 38.8 Å². The smallest absolute Gasteiger partial charge is 0.134 e. The molecule has 96 valence electrons. The van der Waals surface area contributed by atoms with E-state index in [1.54, 1.807) is 11.3 Å². The van der Waals surface area contributed by atoms with Crippen LogP contribution in [0.5, 0.6) is 0 Å². The number of rotatable bonds is 3. The van der Waals surface area contributed by atoms with E-state index in [2.05, 4.69) is 27.8 Å². The van der Waals surface area contributed by atoms with Crippen molar-refractivity contribution < 1.29 is 0 Å². The van der Waals surface area contributed by atoms with Crippen molar-refractivity contribution in [2.45, 2.75) is 31.1 Å². The first-order valence-electron chi connectivity index (χ1n) is 6.53. The Morgan fingerprint density at radius 2 is 2.33 bits per heavy atom. The molecular formula is C14H17ClN2S. The van der Waals surface area contributed by atoms with E-state index < -0.39 is 0 Å². The summed E-state index contributed by atoms with van der Waals surface area (Å²) in [4.78, 5) is 4.45. The summed E-state index contributed by atoms with van der Waals surface area (Å²) < 4.78 is 1.30. The van der Waals surface area contributed by atoms with Gasteiger partial charge in [-0.25, -0.2) is 4.98 Å². The molecule has 1 aliphatic carbocycles. The van der Waals surface area contributed by atoms with Gasteiger partial charge in [0.05, 0.1) is 0 Å². The summed E-state index contributed by atoms with van der Waals surface area (Å²) in [6.07, 6.45) is 6.74. The van der Waals surface area contributed by atoms with Gasteiger partial charge in [0, 0.05) is 28.2 Å². The van der Waals surface area contributed by atoms with E-state index in [1.807, 2.05) is 6.20 Å². The molecule has 0 radical (unpaired) electrons. The molecule has 1 aliphatic rings. The third kappa shape index (κ3) is 2.62. The summed E-state index contributed by atoms with van der Waals surface area (Å²) >= 11 is 7.99. The lowest BCUT2D eigenvalue weighted by Crippen LogP contribution is -2.22. The normalized spacial score (nSPS) is 24.3. The number of fused-ring (bicyclic) bond motifs is 1. The number of alkyl halides is 1. The zero-order valence-electron chi connectivity index (χ0n) is 10.2. The highest BCUT2D eigenvalue weighted by atomic mass is 35.5. The van der Waals surface area contributed by atoms with Gasteiger partial charge in [-0.1, -0.05) is 6.42 Å². The van der Waals surface area contributed by atoms with Crippen LogP contribution in [-0.4, -0.2) is 16.9 Å². The highest BCUT2D eigenvalue weighted by Crippen LogP contribution is 2.29. The van der Waals surface area contributed by atoms with Gasteiger partial charge in [0.1, 0.15) is 5.82 Å². The second-order valence-electron chi connectivity index (χ2n) is 5.00. The largest absolute Gasteiger partial charge is 0.369 e. The van der Waals surface area contributed by atoms with Crippen LogP contribution in [-0.2, 0) is 0 Å². The van der Waals surface area contributed by atoms with Crippen LogP contribution < -0.4 is 5.32 Å². The molecule has 0 aliphatic heterocycles. The molecule has 18 heavy (non-hydrogen) atoms. The lowest BCUT2D eigenvalue weighted by atomic mass is 9.89. The lowest BCUT2D eigenvalue weighted by molar-refractivity contribution is 0.378. The number of nitrogens with one attached hydrogen (secondary N) is 1. The number of halogens is 1. The fourth-order valence-corrected chi connectivity index (χ4v) is 3.88. The van der Waals surface area contributed by atoms with Crippen LogP contribution >= 0.6 is 22.9 Å². The van der Waals surface area contributed by atoms with Crippen LogP contribution in [0.3, 0.4) is 0 Å². The Kier molecular flexibility index (Phi) is 3.71. The molecule has 2 nitrogen and oxygen atoms in total. The van der Waals surface area contributed by atoms with E-state index in [9.17, 15) is 0 Å². The lowest BCUT2D eigenvalue weighted by Gasteiger charge is -2.25. The summed E-state index contributed by atoms with van der Waals surface area (Å²) in [7, 11) is 0. The first-order chi connectivity index (χ1) is 8.83. The molecule has 2 heterocycles. The van der Waals surface area contributed by atoms with Gasteiger partial charge >= 0.3 is 0 Å². The van der Waals surface area contributed by atoms with E-state index >= 15 is 0 Å². The van der Waals surface area contributed by atoms with E-state index in [1.165, 1.54) is 29.3 Å². The summed E-state index contributed by atoms with van der Waals surface area (Å²) in [5, 5.41) is 7.23. The standard InChI is InChI=1S/C14H17ClN2S/c15-11-3-1-2-10(8-11)9-17-14-12-5-7-18-13(12)4-6-16-14/h4-7,10-11H,1-3,8-9H2,(H,16,17). The van der Waals surface area contributed by atoms with E-state index in [4.69, 9.17) is 11.6 Å². The Hall–Kier alpha value is -0.800. The zero-order valence-corrected chi connectivity index (χ0v) is 11.8. The van der Waals surface area contributed by atoms with Gasteiger partial charge < -0.3 is 5.32 Å². The van der Waals surface area contributed by atoms with E-state index in [-0.39, 0.29) is 0 Å². The molecule has 4 heteroatoms. The maximum atomic E-state index is 6.23. The number of hydrogen-bond acceptors (Lipinski definition) is 3. The van der Waals surface area contributed by atoms with Crippen LogP contribution in [0.4, 0.5) is 5.82 Å². The van der Waals surface area contributed by atoms with Crippen molar-refractivity contribution in [2.24, 2.45) is 5.92 Å². The fourth-order valence-electron chi connectivity index (χ4n) is 2.69. The van der Waals surface area contributed by atoms with Crippen LogP contribution in [0.15, 0.2) is 23.7 Å². The summed E-state index contributed by atoms with van der Waals surface area (Å²) in [5.74, 6) is 1.71. The topological polar surface area (TPSA) is 24.9 Å². The number of anilines is 1. The van der Waals surface area contributed by atoms with Gasteiger partial charge in [-0.15, -0.1) is 22.9 Å². The van der Waals surface area contributed by atoms with Crippen LogP contribution in [0, 0.1) is 5.92 Å². The summed E-state index contributed by atoms with van der Waals surface area (Å²) in [6.45, 7) is 0.991. The molecule has 2 atom stereocenters. The monoisotopic (exact) mass is 280 g/mol. The van der Waals surface area contributed by atoms with E-state index in [0.717, 1.165) is 18.8 Å². The van der Waals surface area contributed by atoms with Gasteiger partial charge in [0.15, 0.2) is 0 Å². The van der Waals surface area contributed by atoms with Gasteiger partial charge in [-0.2, -0.15) is 0 Å². The molecule has 0 bridgehead atoms. The average Bonchev–Trinajstić information content (AvgIpc) is 2.85. The first kappa shape index (κ1) is 12.2. The minimum absolute atomic E-state index is 0.371. The van der Waals surface area contributed by atoms with Crippen molar-refractivity contribution in [2.75, 3.05) is 11.9 Å². The molecule has 0 spiro atoms. The molecule has 2 aromatic heterocycles. The van der Waals surface area contributed by atoms with Gasteiger partial charge in [-0.05, 0) is 42.7 Å². The van der Waals surface area contributed by atoms with E-state index in [0.29, 0.717) is 11.3 Å². The maximum absolute atomic E-state index is 6.23. The second-order valence-corrected chi connectivity index (χ2v) is 6.57. The van der Waals surface area contributed by atoms with Gasteiger partial charge in [-0.3, -0.25) is 0 Å². The first-order valence-corrected chi connectivity index (χ1v) is 7.84. The van der Waals surface area contributed by atoms with Crippen LogP contribution in [0.25, 0.3) is 10.1 Å². The van der Waals surface area contributed by atoms with Crippen molar-refractivity contribution in [3.05, 3.63) is 23.7 Å². The Bertz CT molecular complexity index is 525. The fraction of sp³-hybridized carbons (Fsp3) is 0.500. The zero-order chi connectivity index (χ0) is 12.4. The quantitative estimate of drug-likeness (QED) is 0.837. The van der Waals surface area contributed by atoms with Gasteiger partial charge in [0.2, 0.25) is 0 Å². The Balaban J connectivity index is 1.67. The third-order valence-corrected chi connectivity index (χ3v) is 4.94. The number of pyridine rings is 1. The van der Waals surface area contributed by atoms with Crippen molar-refractivity contribution in [1.29, 1.82) is 0 Å². The minimum atomic E-state index is 0.371. The molecule has 1 fully saturated rings. The summed E-state index contributed by atoms with van der Waals surface area (Å²) in [6, 6.07) is 4.21. The molecular weight excluding hydrogens is 264 g/mol. The van der Waals surface area contributed by atoms with Crippen molar-refractivity contribution in [3.8, 4) is 0 Å². The van der Waals surface area contributed by atoms with Crippen LogP contribution in [0.1, 0.15) is 25.7 Å². The second kappa shape index (κ2) is 5.45. The highest BCUT2D eigenvalue weighted by Gasteiger charge is 2.20. The van der Waals surface area contributed by atoms with Gasteiger partial charge in [0.25, 0.3) is 0 Å². The maximum Gasteiger partial charge on any atom is 0.134 e. The molecule has 0 aromatic carbocycles. The molecule has 3 rings (SSSR count). The van der Waals surface area contributed by atoms with Crippen LogP contribution in [0.2, 0.25) is 0 Å². The Labute approximate surface area is 116 Å². The Morgan fingerprint density at radius 3 is 3.22 bits per heavy atom. The molecule has 0 amide bonds. The molecule has 2 aromatic rings. The van der Waals surface area contributed by atoms with Crippen molar-refractivity contribution in [1.82, 2.24) is 4.98 Å². The SMILES string of the molecule is ClC1CCCC(CNc2nccc3sccc23)C1. The highest BCUT2D eigenvalue weighted by molar-refractivity contribution is 7.17. The minimum Gasteiger partial charge on any atom is -0.369 e. The molecule has 1 saturated carbocycles. The molecule has 1 N–H and O–H groups in total. The predicted octanol–water partition coefficient (Wildman–Crippen LogP) is 4.51. The predicted molar refractivity (Wildman–Crippen MR) is 79.7 cm³/mol. The molecule has 0 saturated heterocycles. The Morgan fingerprint density at radius 1 is 1.39 bits per heavy atom. The number of aromatic nitrogens is 1. The number of thiophene rings is 1. The molecule has 2 unspecified atom stereocenters.